The van der Waals surface area contributed by atoms with E-state index in [9.17, 15) is 14.4 Å². The molecular weight excluding hydrogens is 794 g/mol. The van der Waals surface area contributed by atoms with Gasteiger partial charge in [-0.25, -0.2) is 4.79 Å². The van der Waals surface area contributed by atoms with Crippen LogP contribution in [0.5, 0.6) is 0 Å². The first-order valence-corrected chi connectivity index (χ1v) is 20.4. The van der Waals surface area contributed by atoms with E-state index in [1.165, 1.54) is 15.8 Å². The number of rotatable bonds is 8. The third-order valence-electron chi connectivity index (χ3n) is 9.85. The van der Waals surface area contributed by atoms with Crippen LogP contribution in [0.2, 0.25) is 0 Å². The minimum Gasteiger partial charge on any atom is -0.442 e. The van der Waals surface area contributed by atoms with Crippen LogP contribution in [0.1, 0.15) is 51.2 Å². The zero-order valence-corrected chi connectivity index (χ0v) is 34.7. The molecule has 11 nitrogen and oxygen atoms in total. The molecule has 12 heteroatoms. The molecule has 6 aromatic rings. The van der Waals surface area contributed by atoms with Crippen LogP contribution in [0.25, 0.3) is 22.3 Å². The number of hydrogen-bond donors (Lipinski definition) is 2. The number of nitrogens with zero attached hydrogens (tertiary/aromatic N) is 5. The monoisotopic (exact) mass is 843 g/mol. The lowest BCUT2D eigenvalue weighted by atomic mass is 9.98. The molecule has 0 saturated carbocycles. The van der Waals surface area contributed by atoms with Gasteiger partial charge in [0, 0.05) is 60.4 Å². The van der Waals surface area contributed by atoms with Gasteiger partial charge in [0.05, 0.1) is 17.2 Å². The maximum Gasteiger partial charge on any atom is 0.435 e. The van der Waals surface area contributed by atoms with Crippen LogP contribution in [0.15, 0.2) is 134 Å². The predicted molar refractivity (Wildman–Crippen MR) is 233 cm³/mol. The third-order valence-corrected chi connectivity index (χ3v) is 10.7. The Labute approximate surface area is 348 Å². The lowest BCUT2D eigenvalue weighted by Gasteiger charge is -2.18. The van der Waals surface area contributed by atoms with E-state index in [2.05, 4.69) is 55.5 Å². The second kappa shape index (κ2) is 19.5. The quantitative estimate of drug-likeness (QED) is 0.146. The maximum absolute atomic E-state index is 12.8. The molecule has 2 amide bonds. The zero-order chi connectivity index (χ0) is 41.1. The van der Waals surface area contributed by atoms with Crippen LogP contribution < -0.4 is 15.5 Å². The van der Waals surface area contributed by atoms with E-state index in [0.29, 0.717) is 13.1 Å². The Morgan fingerprint density at radius 2 is 1.33 bits per heavy atom. The average Bonchev–Trinajstić information content (AvgIpc) is 4.08. The molecule has 2 atom stereocenters. The smallest absolute Gasteiger partial charge is 0.435 e. The molecular formula is C46H50BrN7O4. The number of H-pyrrole nitrogens is 1. The fourth-order valence-electron chi connectivity index (χ4n) is 6.72. The third kappa shape index (κ3) is 11.2. The molecule has 0 radical (unpaired) electrons. The summed E-state index contributed by atoms with van der Waals surface area (Å²) in [5.74, 6) is 0.478. The molecule has 2 saturated heterocycles. The summed E-state index contributed by atoms with van der Waals surface area (Å²) >= 11 is 3.38. The molecule has 4 aromatic carbocycles. The highest BCUT2D eigenvalue weighted by molar-refractivity contribution is 9.10. The molecule has 2 fully saturated rings. The van der Waals surface area contributed by atoms with Crippen LogP contribution in [-0.4, -0.2) is 61.4 Å². The van der Waals surface area contributed by atoms with E-state index < -0.39 is 11.7 Å². The van der Waals surface area contributed by atoms with Crippen molar-refractivity contribution >= 4 is 45.2 Å². The Morgan fingerprint density at radius 3 is 1.84 bits per heavy atom. The number of ether oxygens (including phenoxy) is 1. The lowest BCUT2D eigenvalue weighted by Crippen LogP contribution is -2.27. The molecule has 2 unspecified atom stereocenters. The number of aromatic amines is 1. The van der Waals surface area contributed by atoms with Gasteiger partial charge in [-0.05, 0) is 93.0 Å². The van der Waals surface area contributed by atoms with E-state index in [4.69, 9.17) is 10.5 Å². The van der Waals surface area contributed by atoms with Gasteiger partial charge in [-0.3, -0.25) is 14.7 Å². The van der Waals surface area contributed by atoms with Gasteiger partial charge in [-0.2, -0.15) is 14.9 Å². The van der Waals surface area contributed by atoms with Gasteiger partial charge in [-0.15, -0.1) is 0 Å². The van der Waals surface area contributed by atoms with Gasteiger partial charge < -0.3 is 20.3 Å². The Morgan fingerprint density at radius 1 is 0.759 bits per heavy atom. The van der Waals surface area contributed by atoms with Gasteiger partial charge in [0.2, 0.25) is 11.8 Å². The Kier molecular flexibility index (Phi) is 14.1. The fraction of sp³-hybridized carbons (Fsp3) is 0.283. The van der Waals surface area contributed by atoms with E-state index in [0.717, 1.165) is 65.9 Å². The number of nitrogens with one attached hydrogen (secondary N) is 1. The van der Waals surface area contributed by atoms with Crippen molar-refractivity contribution in [2.75, 3.05) is 22.9 Å². The number of carbonyl (C=O) groups is 3. The van der Waals surface area contributed by atoms with E-state index in [-0.39, 0.29) is 22.6 Å². The van der Waals surface area contributed by atoms with Crippen molar-refractivity contribution in [1.29, 1.82) is 0 Å². The van der Waals surface area contributed by atoms with Crippen molar-refractivity contribution < 1.29 is 19.1 Å². The molecule has 0 spiro atoms. The maximum atomic E-state index is 12.8. The highest BCUT2D eigenvalue weighted by Gasteiger charge is 2.32. The number of alkyl halides is 1. The van der Waals surface area contributed by atoms with Crippen molar-refractivity contribution in [1.82, 2.24) is 20.0 Å². The molecule has 8 rings (SSSR count). The number of amides is 2. The van der Waals surface area contributed by atoms with Crippen LogP contribution in [0.3, 0.4) is 0 Å². The molecule has 58 heavy (non-hydrogen) atoms. The Bertz CT molecular complexity index is 2220. The highest BCUT2D eigenvalue weighted by atomic mass is 79.9. The second-order valence-corrected chi connectivity index (χ2v) is 16.3. The number of halogens is 1. The summed E-state index contributed by atoms with van der Waals surface area (Å²) in [6.07, 6.45) is 10.1. The molecule has 2 aliphatic rings. The zero-order valence-electron chi connectivity index (χ0n) is 33.1. The predicted octanol–water partition coefficient (Wildman–Crippen LogP) is 9.04. The van der Waals surface area contributed by atoms with Gasteiger partial charge in [0.15, 0.2) is 0 Å². The number of anilines is 2. The summed E-state index contributed by atoms with van der Waals surface area (Å²) in [5, 5.41) is 10.9. The first-order valence-electron chi connectivity index (χ1n) is 19.5. The summed E-state index contributed by atoms with van der Waals surface area (Å²) in [6.45, 7) is 7.59. The van der Waals surface area contributed by atoms with Gasteiger partial charge >= 0.3 is 6.09 Å². The second-order valence-electron chi connectivity index (χ2n) is 15.2. The van der Waals surface area contributed by atoms with Crippen molar-refractivity contribution in [2.24, 2.45) is 11.7 Å². The molecule has 0 bridgehead atoms. The van der Waals surface area contributed by atoms with Crippen molar-refractivity contribution in [3.05, 3.63) is 145 Å². The van der Waals surface area contributed by atoms with Gasteiger partial charge in [0.1, 0.15) is 5.60 Å². The molecule has 2 aromatic heterocycles. The SMILES string of the molecule is CC(C)(C)OC(=O)n1cc(-c2ccc(N3CCC(Br)C3=O)cc2)cn1.NCc1ccccc1.O=C1C(CCc2ccccc2)CCN1c1ccc(-c2cn[nH]c2)cc1. The number of aryl methyl sites for hydroxylation is 1. The molecule has 0 aliphatic carbocycles. The number of benzene rings is 4. The Balaban J connectivity index is 0.000000164. The Hall–Kier alpha value is -5.85. The number of hydrogen-bond acceptors (Lipinski definition) is 7. The van der Waals surface area contributed by atoms with Crippen LogP contribution in [-0.2, 0) is 27.3 Å². The molecule has 4 heterocycles. The van der Waals surface area contributed by atoms with E-state index in [1.54, 1.807) is 23.5 Å². The van der Waals surface area contributed by atoms with Gasteiger partial charge in [-0.1, -0.05) is 101 Å². The topological polar surface area (TPSA) is 139 Å². The molecule has 3 N–H and O–H groups in total. The standard InChI is InChI=1S/C21H21N3O.C18H20BrN3O3.C7H9N/c25-21-18(7-6-16-4-2-1-3-5-16)12-13-24(21)20-10-8-17(9-11-20)19-14-22-23-15-19;1-18(2,3)25-17(24)22-11-13(10-20-22)12-4-6-14(7-5-12)21-9-8-15(19)16(21)23;8-6-7-4-2-1-3-5-7/h1-5,8-11,14-15,18H,6-7,12-13H2,(H,22,23);4-7,10-11,15H,8-9H2,1-3H3;1-5H,6,8H2. The van der Waals surface area contributed by atoms with Crippen LogP contribution in [0, 0.1) is 5.92 Å². The first-order chi connectivity index (χ1) is 28.0. The first kappa shape index (κ1) is 41.8. The van der Waals surface area contributed by atoms with Crippen molar-refractivity contribution in [3.63, 3.8) is 0 Å². The number of nitrogens with two attached hydrogens (primary N) is 1. The van der Waals surface area contributed by atoms with Crippen molar-refractivity contribution in [2.45, 2.75) is 63.4 Å². The fourth-order valence-corrected chi connectivity index (χ4v) is 7.17. The highest BCUT2D eigenvalue weighted by Crippen LogP contribution is 2.31. The molecule has 300 valence electrons. The molecule has 2 aliphatic heterocycles. The average molecular weight is 845 g/mol. The van der Waals surface area contributed by atoms with Crippen LogP contribution in [0.4, 0.5) is 16.2 Å². The summed E-state index contributed by atoms with van der Waals surface area (Å²) in [7, 11) is 0. The van der Waals surface area contributed by atoms with E-state index in [1.807, 2.05) is 117 Å². The number of aromatic nitrogens is 4. The lowest BCUT2D eigenvalue weighted by molar-refractivity contribution is -0.120. The van der Waals surface area contributed by atoms with Gasteiger partial charge in [0.25, 0.3) is 0 Å². The minimum absolute atomic E-state index is 0.0884. The van der Waals surface area contributed by atoms with Crippen molar-refractivity contribution in [3.8, 4) is 22.3 Å². The normalized spacial score (nSPS) is 16.4. The minimum atomic E-state index is -0.569. The largest absolute Gasteiger partial charge is 0.442 e. The summed E-state index contributed by atoms with van der Waals surface area (Å²) in [4.78, 5) is 40.4. The number of carbonyl (C=O) groups excluding carboxylic acids is 3. The van der Waals surface area contributed by atoms with Crippen LogP contribution >= 0.6 is 15.9 Å². The summed E-state index contributed by atoms with van der Waals surface area (Å²) in [5.41, 5.74) is 13.0. The summed E-state index contributed by atoms with van der Waals surface area (Å²) < 4.78 is 6.48. The summed E-state index contributed by atoms with van der Waals surface area (Å²) in [6, 6.07) is 36.2. The van der Waals surface area contributed by atoms with E-state index >= 15 is 0 Å².